The Labute approximate surface area is 149 Å². The second kappa shape index (κ2) is 7.52. The van der Waals surface area contributed by atoms with E-state index in [-0.39, 0.29) is 5.91 Å². The van der Waals surface area contributed by atoms with Gasteiger partial charge in [-0.15, -0.1) is 10.2 Å². The van der Waals surface area contributed by atoms with Crippen molar-refractivity contribution in [2.24, 2.45) is 0 Å². The summed E-state index contributed by atoms with van der Waals surface area (Å²) in [5.41, 5.74) is 2.20. The first-order valence-electron chi connectivity index (χ1n) is 7.88. The van der Waals surface area contributed by atoms with Gasteiger partial charge in [-0.1, -0.05) is 35.1 Å². The number of aryl methyl sites for hydroxylation is 3. The highest BCUT2D eigenvalue weighted by Gasteiger charge is 2.14. The van der Waals surface area contributed by atoms with Gasteiger partial charge in [0.1, 0.15) is 11.6 Å². The zero-order chi connectivity index (χ0) is 17.8. The number of anilines is 1. The predicted octanol–water partition coefficient (Wildman–Crippen LogP) is 3.30. The molecule has 130 valence electrons. The van der Waals surface area contributed by atoms with E-state index in [4.69, 9.17) is 4.52 Å². The second-order valence-corrected chi connectivity index (χ2v) is 6.68. The summed E-state index contributed by atoms with van der Waals surface area (Å²) in [4.78, 5) is 12.0. The zero-order valence-corrected chi connectivity index (χ0v) is 15.1. The van der Waals surface area contributed by atoms with E-state index in [2.05, 4.69) is 33.7 Å². The van der Waals surface area contributed by atoms with E-state index >= 15 is 0 Å². The first-order valence-corrected chi connectivity index (χ1v) is 8.87. The lowest BCUT2D eigenvalue weighted by atomic mass is 10.2. The van der Waals surface area contributed by atoms with Crippen molar-refractivity contribution in [3.8, 4) is 5.69 Å². The molecule has 1 N–H and O–H groups in total. The summed E-state index contributed by atoms with van der Waals surface area (Å²) in [6.07, 6.45) is 0.344. The fraction of sp³-hybridized carbons (Fsp3) is 0.294. The van der Waals surface area contributed by atoms with E-state index in [1.165, 1.54) is 11.8 Å². The minimum absolute atomic E-state index is 0.112. The van der Waals surface area contributed by atoms with Crippen LogP contribution in [-0.4, -0.2) is 31.6 Å². The lowest BCUT2D eigenvalue weighted by molar-refractivity contribution is -0.115. The number of amides is 1. The van der Waals surface area contributed by atoms with Gasteiger partial charge in [-0.25, -0.2) is 0 Å². The molecule has 3 rings (SSSR count). The highest BCUT2D eigenvalue weighted by atomic mass is 32.2. The Kier molecular flexibility index (Phi) is 5.18. The maximum absolute atomic E-state index is 12.0. The molecule has 0 aliphatic rings. The number of aromatic nitrogens is 4. The van der Waals surface area contributed by atoms with Crippen LogP contribution >= 0.6 is 11.8 Å². The topological polar surface area (TPSA) is 85.8 Å². The molecule has 0 saturated heterocycles. The number of thioether (sulfide) groups is 1. The quantitative estimate of drug-likeness (QED) is 0.681. The van der Waals surface area contributed by atoms with Crippen LogP contribution in [0.4, 0.5) is 5.82 Å². The summed E-state index contributed by atoms with van der Waals surface area (Å²) in [5.74, 6) is 2.39. The maximum Gasteiger partial charge on any atom is 0.226 e. The third-order valence-electron chi connectivity index (χ3n) is 3.61. The first-order chi connectivity index (χ1) is 12.0. The minimum Gasteiger partial charge on any atom is -0.360 e. The monoisotopic (exact) mass is 357 g/mol. The largest absolute Gasteiger partial charge is 0.360 e. The van der Waals surface area contributed by atoms with E-state index in [1.54, 1.807) is 13.0 Å². The van der Waals surface area contributed by atoms with E-state index < -0.39 is 0 Å². The van der Waals surface area contributed by atoms with Crippen molar-refractivity contribution in [2.75, 3.05) is 11.1 Å². The standard InChI is InChI=1S/C17H19N5O2S/c1-11-6-4-5-7-14(11)22-13(3)19-20-17(22)25-9-8-16(23)18-15-10-12(2)24-21-15/h4-7,10H,8-9H2,1-3H3,(H,18,21,23). The van der Waals surface area contributed by atoms with Crippen molar-refractivity contribution in [3.63, 3.8) is 0 Å². The van der Waals surface area contributed by atoms with Crippen LogP contribution in [0.3, 0.4) is 0 Å². The molecule has 0 aliphatic heterocycles. The second-order valence-electron chi connectivity index (χ2n) is 5.62. The highest BCUT2D eigenvalue weighted by Crippen LogP contribution is 2.24. The average molecular weight is 357 g/mol. The first kappa shape index (κ1) is 17.2. The Morgan fingerprint density at radius 1 is 1.24 bits per heavy atom. The number of carbonyl (C=O) groups excluding carboxylic acids is 1. The number of nitrogens with one attached hydrogen (secondary N) is 1. The van der Waals surface area contributed by atoms with E-state index in [9.17, 15) is 4.79 Å². The van der Waals surface area contributed by atoms with Crippen molar-refractivity contribution in [2.45, 2.75) is 32.3 Å². The fourth-order valence-electron chi connectivity index (χ4n) is 2.39. The van der Waals surface area contributed by atoms with Crippen LogP contribution in [0, 0.1) is 20.8 Å². The van der Waals surface area contributed by atoms with Gasteiger partial charge >= 0.3 is 0 Å². The van der Waals surface area contributed by atoms with Gasteiger partial charge in [-0.3, -0.25) is 9.36 Å². The summed E-state index contributed by atoms with van der Waals surface area (Å²) in [7, 11) is 0. The molecule has 0 saturated carbocycles. The van der Waals surface area contributed by atoms with Crippen LogP contribution in [0.25, 0.3) is 5.69 Å². The van der Waals surface area contributed by atoms with Crippen LogP contribution in [0.1, 0.15) is 23.6 Å². The number of hydrogen-bond donors (Lipinski definition) is 1. The van der Waals surface area contributed by atoms with Crippen molar-refractivity contribution in [1.29, 1.82) is 0 Å². The fourth-order valence-corrected chi connectivity index (χ4v) is 3.32. The van der Waals surface area contributed by atoms with E-state index in [1.807, 2.05) is 29.7 Å². The lowest BCUT2D eigenvalue weighted by Gasteiger charge is -2.10. The van der Waals surface area contributed by atoms with Gasteiger partial charge in [0, 0.05) is 18.2 Å². The number of carbonyl (C=O) groups is 1. The Hall–Kier alpha value is -2.61. The maximum atomic E-state index is 12.0. The van der Waals surface area contributed by atoms with Gasteiger partial charge in [0.25, 0.3) is 0 Å². The molecule has 1 amide bonds. The van der Waals surface area contributed by atoms with Gasteiger partial charge in [-0.2, -0.15) is 0 Å². The molecule has 0 bridgehead atoms. The van der Waals surface area contributed by atoms with E-state index in [0.29, 0.717) is 23.8 Å². The Balaban J connectivity index is 1.63. The number of rotatable bonds is 6. The number of para-hydroxylation sites is 1. The molecule has 1 aromatic carbocycles. The van der Waals surface area contributed by atoms with Gasteiger partial charge in [0.05, 0.1) is 5.69 Å². The smallest absolute Gasteiger partial charge is 0.226 e. The van der Waals surface area contributed by atoms with Crippen LogP contribution in [-0.2, 0) is 4.79 Å². The molecular formula is C17H19N5O2S. The van der Waals surface area contributed by atoms with Crippen LogP contribution in [0.2, 0.25) is 0 Å². The van der Waals surface area contributed by atoms with Crippen molar-refractivity contribution in [1.82, 2.24) is 19.9 Å². The van der Waals surface area contributed by atoms with Gasteiger partial charge in [0.2, 0.25) is 5.91 Å². The van der Waals surface area contributed by atoms with Crippen LogP contribution in [0.5, 0.6) is 0 Å². The molecule has 0 spiro atoms. The SMILES string of the molecule is Cc1cc(NC(=O)CCSc2nnc(C)n2-c2ccccc2C)no1. The van der Waals surface area contributed by atoms with Crippen molar-refractivity contribution in [3.05, 3.63) is 47.5 Å². The third-order valence-corrected chi connectivity index (χ3v) is 4.54. The van der Waals surface area contributed by atoms with Gasteiger partial charge < -0.3 is 9.84 Å². The molecule has 8 heteroatoms. The number of hydrogen-bond acceptors (Lipinski definition) is 6. The molecule has 2 heterocycles. The van der Waals surface area contributed by atoms with Crippen LogP contribution in [0.15, 0.2) is 40.0 Å². The zero-order valence-electron chi connectivity index (χ0n) is 14.3. The van der Waals surface area contributed by atoms with Crippen molar-refractivity contribution >= 4 is 23.5 Å². The predicted molar refractivity (Wildman–Crippen MR) is 96.0 cm³/mol. The third kappa shape index (κ3) is 4.08. The Morgan fingerprint density at radius 2 is 2.04 bits per heavy atom. The summed E-state index contributed by atoms with van der Waals surface area (Å²) < 4.78 is 6.94. The lowest BCUT2D eigenvalue weighted by Crippen LogP contribution is -2.12. The van der Waals surface area contributed by atoms with Crippen molar-refractivity contribution < 1.29 is 9.32 Å². The molecule has 0 atom stereocenters. The number of benzene rings is 1. The van der Waals surface area contributed by atoms with Gasteiger partial charge in [-0.05, 0) is 32.4 Å². The Morgan fingerprint density at radius 3 is 2.76 bits per heavy atom. The molecule has 7 nitrogen and oxygen atoms in total. The molecule has 0 aliphatic carbocycles. The molecule has 0 radical (unpaired) electrons. The number of nitrogens with zero attached hydrogens (tertiary/aromatic N) is 4. The van der Waals surface area contributed by atoms with E-state index in [0.717, 1.165) is 22.2 Å². The molecular weight excluding hydrogens is 338 g/mol. The summed E-state index contributed by atoms with van der Waals surface area (Å²) in [6, 6.07) is 9.76. The molecule has 3 aromatic rings. The molecule has 25 heavy (non-hydrogen) atoms. The molecule has 0 fully saturated rings. The summed E-state index contributed by atoms with van der Waals surface area (Å²) in [6.45, 7) is 5.75. The van der Waals surface area contributed by atoms with Gasteiger partial charge in [0.15, 0.2) is 11.0 Å². The Bertz CT molecular complexity index is 887. The molecule has 0 unspecified atom stereocenters. The summed E-state index contributed by atoms with van der Waals surface area (Å²) >= 11 is 1.50. The normalized spacial score (nSPS) is 10.8. The molecule has 2 aromatic heterocycles. The average Bonchev–Trinajstić information content (AvgIpc) is 3.14. The minimum atomic E-state index is -0.112. The van der Waals surface area contributed by atoms with Crippen LogP contribution < -0.4 is 5.32 Å². The summed E-state index contributed by atoms with van der Waals surface area (Å²) in [5, 5.41) is 15.6. The highest BCUT2D eigenvalue weighted by molar-refractivity contribution is 7.99.